The fraction of sp³-hybridized carbons (Fsp3) is 0.278. The van der Waals surface area contributed by atoms with Gasteiger partial charge in [0.15, 0.2) is 11.5 Å². The monoisotopic (exact) mass is 394 g/mol. The predicted molar refractivity (Wildman–Crippen MR) is 94.4 cm³/mol. The Bertz CT molecular complexity index is 1040. The highest BCUT2D eigenvalue weighted by Crippen LogP contribution is 2.37. The SMILES string of the molecule is CC(C)Oc1ccc(-c2nc(C(N)=O)c(CN)o2)c2ccc(C(F)(F)F)nc12. The van der Waals surface area contributed by atoms with Crippen molar-refractivity contribution in [1.82, 2.24) is 9.97 Å². The third kappa shape index (κ3) is 3.63. The second-order valence-electron chi connectivity index (χ2n) is 6.23. The van der Waals surface area contributed by atoms with Gasteiger partial charge in [0, 0.05) is 10.9 Å². The lowest BCUT2D eigenvalue weighted by molar-refractivity contribution is -0.140. The topological polar surface area (TPSA) is 117 Å². The first-order valence-corrected chi connectivity index (χ1v) is 8.29. The van der Waals surface area contributed by atoms with Crippen LogP contribution in [0, 0.1) is 0 Å². The number of ether oxygens (including phenoxy) is 1. The third-order valence-corrected chi connectivity index (χ3v) is 3.82. The summed E-state index contributed by atoms with van der Waals surface area (Å²) in [4.78, 5) is 19.3. The second kappa shape index (κ2) is 7.12. The number of carbonyl (C=O) groups excluding carboxylic acids is 1. The summed E-state index contributed by atoms with van der Waals surface area (Å²) in [6.07, 6.45) is -4.90. The van der Waals surface area contributed by atoms with Crippen molar-refractivity contribution in [2.24, 2.45) is 11.5 Å². The maximum Gasteiger partial charge on any atom is 0.433 e. The van der Waals surface area contributed by atoms with Crippen LogP contribution in [0.3, 0.4) is 0 Å². The average molecular weight is 394 g/mol. The first-order chi connectivity index (χ1) is 13.1. The molecule has 2 aromatic heterocycles. The van der Waals surface area contributed by atoms with Crippen LogP contribution in [0.1, 0.15) is 35.8 Å². The van der Waals surface area contributed by atoms with E-state index in [-0.39, 0.29) is 41.3 Å². The number of alkyl halides is 3. The molecule has 0 aliphatic rings. The molecule has 0 saturated carbocycles. The molecule has 2 heterocycles. The quantitative estimate of drug-likeness (QED) is 0.686. The number of primary amides is 1. The van der Waals surface area contributed by atoms with Crippen LogP contribution in [0.5, 0.6) is 5.75 Å². The number of nitrogens with zero attached hydrogens (tertiary/aromatic N) is 2. The second-order valence-corrected chi connectivity index (χ2v) is 6.23. The van der Waals surface area contributed by atoms with Crippen LogP contribution in [0.2, 0.25) is 0 Å². The number of oxazole rings is 1. The van der Waals surface area contributed by atoms with Crippen LogP contribution in [0.4, 0.5) is 13.2 Å². The molecule has 0 fully saturated rings. The minimum absolute atomic E-state index is 0.00287. The lowest BCUT2D eigenvalue weighted by Gasteiger charge is -2.14. The van der Waals surface area contributed by atoms with Crippen LogP contribution in [0.25, 0.3) is 22.4 Å². The molecule has 148 valence electrons. The fourth-order valence-corrected chi connectivity index (χ4v) is 2.68. The Balaban J connectivity index is 2.26. The summed E-state index contributed by atoms with van der Waals surface area (Å²) >= 11 is 0. The van der Waals surface area contributed by atoms with Gasteiger partial charge in [0.05, 0.1) is 12.6 Å². The lowest BCUT2D eigenvalue weighted by atomic mass is 10.1. The number of nitrogens with two attached hydrogens (primary N) is 2. The summed E-state index contributed by atoms with van der Waals surface area (Å²) in [5.41, 5.74) is 9.94. The molecule has 0 saturated heterocycles. The number of fused-ring (bicyclic) bond motifs is 1. The summed E-state index contributed by atoms with van der Waals surface area (Å²) in [5.74, 6) is -0.562. The fourth-order valence-electron chi connectivity index (χ4n) is 2.68. The van der Waals surface area contributed by atoms with E-state index in [4.69, 9.17) is 20.6 Å². The molecule has 0 unspecified atom stereocenters. The number of carbonyl (C=O) groups is 1. The van der Waals surface area contributed by atoms with Crippen molar-refractivity contribution < 1.29 is 27.1 Å². The molecule has 10 heteroatoms. The van der Waals surface area contributed by atoms with E-state index in [2.05, 4.69) is 9.97 Å². The van der Waals surface area contributed by atoms with Crippen LogP contribution < -0.4 is 16.2 Å². The molecule has 0 atom stereocenters. The van der Waals surface area contributed by atoms with Gasteiger partial charge < -0.3 is 20.6 Å². The van der Waals surface area contributed by atoms with Gasteiger partial charge in [0.2, 0.25) is 5.89 Å². The van der Waals surface area contributed by atoms with E-state index < -0.39 is 17.8 Å². The van der Waals surface area contributed by atoms with Gasteiger partial charge in [-0.15, -0.1) is 0 Å². The Hall–Kier alpha value is -3.14. The first-order valence-electron chi connectivity index (χ1n) is 8.29. The van der Waals surface area contributed by atoms with Crippen molar-refractivity contribution in [3.05, 3.63) is 41.4 Å². The van der Waals surface area contributed by atoms with E-state index >= 15 is 0 Å². The van der Waals surface area contributed by atoms with Crippen LogP contribution in [-0.2, 0) is 12.7 Å². The zero-order chi connectivity index (χ0) is 20.6. The van der Waals surface area contributed by atoms with Crippen LogP contribution in [0.15, 0.2) is 28.7 Å². The van der Waals surface area contributed by atoms with E-state index in [1.807, 2.05) is 0 Å². The van der Waals surface area contributed by atoms with Gasteiger partial charge in [0.25, 0.3) is 5.91 Å². The minimum Gasteiger partial charge on any atom is -0.489 e. The normalized spacial score (nSPS) is 12.0. The summed E-state index contributed by atoms with van der Waals surface area (Å²) in [6.45, 7) is 3.37. The molecule has 0 radical (unpaired) electrons. The molecule has 28 heavy (non-hydrogen) atoms. The smallest absolute Gasteiger partial charge is 0.433 e. The van der Waals surface area contributed by atoms with Crippen molar-refractivity contribution in [2.75, 3.05) is 0 Å². The summed E-state index contributed by atoms with van der Waals surface area (Å²) in [5, 5.41) is 0.312. The van der Waals surface area contributed by atoms with Crippen molar-refractivity contribution in [2.45, 2.75) is 32.7 Å². The first kappa shape index (κ1) is 19.6. The maximum absolute atomic E-state index is 13.1. The summed E-state index contributed by atoms with van der Waals surface area (Å²) in [6, 6.07) is 5.14. The van der Waals surface area contributed by atoms with Gasteiger partial charge in [-0.2, -0.15) is 13.2 Å². The van der Waals surface area contributed by atoms with Gasteiger partial charge in [-0.1, -0.05) is 0 Å². The minimum atomic E-state index is -4.62. The molecule has 0 aliphatic carbocycles. The highest BCUT2D eigenvalue weighted by atomic mass is 19.4. The average Bonchev–Trinajstić information content (AvgIpc) is 3.05. The standard InChI is InChI=1S/C18H17F3N4O3/c1-8(2)27-11-5-3-10(17-25-15(16(23)26)12(7-22)28-17)9-4-6-13(18(19,20)21)24-14(9)11/h3-6,8H,7,22H2,1-2H3,(H2,23,26). The van der Waals surface area contributed by atoms with E-state index in [1.165, 1.54) is 12.1 Å². The molecule has 0 spiro atoms. The molecule has 7 nitrogen and oxygen atoms in total. The number of rotatable bonds is 5. The zero-order valence-electron chi connectivity index (χ0n) is 15.0. The number of amides is 1. The number of aromatic nitrogens is 2. The van der Waals surface area contributed by atoms with Gasteiger partial charge in [-0.05, 0) is 38.1 Å². The molecule has 3 rings (SSSR count). The Kier molecular flexibility index (Phi) is 4.99. The molecule has 4 N–H and O–H groups in total. The molecule has 0 bridgehead atoms. The van der Waals surface area contributed by atoms with Gasteiger partial charge in [-0.3, -0.25) is 4.79 Å². The molecule has 0 aliphatic heterocycles. The number of hydrogen-bond acceptors (Lipinski definition) is 6. The molecular weight excluding hydrogens is 377 g/mol. The van der Waals surface area contributed by atoms with Gasteiger partial charge in [0.1, 0.15) is 17.0 Å². The van der Waals surface area contributed by atoms with Crippen molar-refractivity contribution in [3.8, 4) is 17.2 Å². The largest absolute Gasteiger partial charge is 0.489 e. The zero-order valence-corrected chi connectivity index (χ0v) is 15.0. The summed E-state index contributed by atoms with van der Waals surface area (Å²) in [7, 11) is 0. The van der Waals surface area contributed by atoms with E-state index in [9.17, 15) is 18.0 Å². The maximum atomic E-state index is 13.1. The van der Waals surface area contributed by atoms with E-state index in [1.54, 1.807) is 19.9 Å². The van der Waals surface area contributed by atoms with Crippen LogP contribution in [-0.4, -0.2) is 22.0 Å². The van der Waals surface area contributed by atoms with Gasteiger partial charge in [-0.25, -0.2) is 9.97 Å². The third-order valence-electron chi connectivity index (χ3n) is 3.82. The van der Waals surface area contributed by atoms with E-state index in [0.717, 1.165) is 6.07 Å². The van der Waals surface area contributed by atoms with Crippen molar-refractivity contribution >= 4 is 16.8 Å². The van der Waals surface area contributed by atoms with Crippen LogP contribution >= 0.6 is 0 Å². The number of pyridine rings is 1. The molecule has 1 amide bonds. The molecule has 1 aromatic carbocycles. The molecular formula is C18H17F3N4O3. The molecule has 3 aromatic rings. The van der Waals surface area contributed by atoms with E-state index in [0.29, 0.717) is 10.9 Å². The predicted octanol–water partition coefficient (Wildman–Crippen LogP) is 3.25. The Morgan fingerprint density at radius 1 is 1.21 bits per heavy atom. The number of halogens is 3. The number of benzene rings is 1. The summed E-state index contributed by atoms with van der Waals surface area (Å²) < 4.78 is 50.5. The lowest BCUT2D eigenvalue weighted by Crippen LogP contribution is -2.15. The Labute approximate surface area is 157 Å². The highest BCUT2D eigenvalue weighted by Gasteiger charge is 2.33. The van der Waals surface area contributed by atoms with Gasteiger partial charge >= 0.3 is 6.18 Å². The van der Waals surface area contributed by atoms with Crippen molar-refractivity contribution in [3.63, 3.8) is 0 Å². The highest BCUT2D eigenvalue weighted by molar-refractivity contribution is 5.97. The Morgan fingerprint density at radius 2 is 1.93 bits per heavy atom. The van der Waals surface area contributed by atoms with Crippen molar-refractivity contribution in [1.29, 1.82) is 0 Å². The number of hydrogen-bond donors (Lipinski definition) is 2. The Morgan fingerprint density at radius 3 is 2.46 bits per heavy atom.